The van der Waals surface area contributed by atoms with Crippen LogP contribution in [0, 0.1) is 5.41 Å². The summed E-state index contributed by atoms with van der Waals surface area (Å²) in [6, 6.07) is 3.95. The van der Waals surface area contributed by atoms with Crippen molar-refractivity contribution in [2.24, 2.45) is 5.41 Å². The van der Waals surface area contributed by atoms with Crippen molar-refractivity contribution in [3.8, 4) is 11.1 Å². The molecule has 20 heavy (non-hydrogen) atoms. The third kappa shape index (κ3) is 2.38. The van der Waals surface area contributed by atoms with Gasteiger partial charge in [-0.2, -0.15) is 4.37 Å². The van der Waals surface area contributed by atoms with E-state index in [0.717, 1.165) is 22.7 Å². The van der Waals surface area contributed by atoms with Crippen LogP contribution in [-0.2, 0) is 0 Å². The minimum Gasteiger partial charge on any atom is -0.382 e. The number of nitrogen functional groups attached to an aromatic ring is 1. The van der Waals surface area contributed by atoms with Gasteiger partial charge in [0.25, 0.3) is 0 Å². The number of hydrogen-bond donors (Lipinski definition) is 2. The third-order valence-electron chi connectivity index (χ3n) is 4.48. The molecule has 0 aliphatic heterocycles. The first-order valence-electron chi connectivity index (χ1n) is 7.13. The lowest BCUT2D eigenvalue weighted by Gasteiger charge is -2.41. The Labute approximate surface area is 123 Å². The van der Waals surface area contributed by atoms with Crippen LogP contribution in [0.3, 0.4) is 0 Å². The highest BCUT2D eigenvalue weighted by atomic mass is 32.1. The van der Waals surface area contributed by atoms with Crippen molar-refractivity contribution in [2.45, 2.75) is 32.6 Å². The van der Waals surface area contributed by atoms with E-state index in [0.29, 0.717) is 11.2 Å². The molecular formula is C15H20N4S. The Morgan fingerprint density at radius 1 is 1.35 bits per heavy atom. The van der Waals surface area contributed by atoms with Crippen LogP contribution in [-0.4, -0.2) is 15.9 Å². The maximum Gasteiger partial charge on any atom is 0.147 e. The summed E-state index contributed by atoms with van der Waals surface area (Å²) in [5.74, 6) is 0.600. The van der Waals surface area contributed by atoms with E-state index in [1.54, 1.807) is 12.4 Å². The lowest BCUT2D eigenvalue weighted by molar-refractivity contribution is 0.145. The van der Waals surface area contributed by atoms with Crippen molar-refractivity contribution < 1.29 is 0 Å². The number of nitrogens with one attached hydrogen (secondary N) is 1. The zero-order valence-corrected chi connectivity index (χ0v) is 12.5. The summed E-state index contributed by atoms with van der Waals surface area (Å²) in [7, 11) is 0. The maximum atomic E-state index is 6.03. The second-order valence-corrected chi connectivity index (χ2v) is 6.34. The van der Waals surface area contributed by atoms with Gasteiger partial charge in [-0.1, -0.05) is 13.3 Å². The molecule has 0 saturated heterocycles. The zero-order valence-electron chi connectivity index (χ0n) is 11.7. The van der Waals surface area contributed by atoms with Gasteiger partial charge >= 0.3 is 0 Å². The van der Waals surface area contributed by atoms with Gasteiger partial charge in [-0.25, -0.2) is 0 Å². The van der Waals surface area contributed by atoms with E-state index in [4.69, 9.17) is 5.73 Å². The van der Waals surface area contributed by atoms with Gasteiger partial charge in [0.15, 0.2) is 0 Å². The maximum absolute atomic E-state index is 6.03. The van der Waals surface area contributed by atoms with E-state index in [2.05, 4.69) is 21.6 Å². The van der Waals surface area contributed by atoms with Gasteiger partial charge in [-0.3, -0.25) is 4.98 Å². The first kappa shape index (κ1) is 13.4. The highest BCUT2D eigenvalue weighted by Crippen LogP contribution is 2.45. The summed E-state index contributed by atoms with van der Waals surface area (Å²) in [6.07, 6.45) is 8.83. The predicted molar refractivity (Wildman–Crippen MR) is 84.8 cm³/mol. The Balaban J connectivity index is 1.81. The highest BCUT2D eigenvalue weighted by molar-refractivity contribution is 7.11. The summed E-state index contributed by atoms with van der Waals surface area (Å²) >= 11 is 1.45. The van der Waals surface area contributed by atoms with Crippen molar-refractivity contribution in [2.75, 3.05) is 17.6 Å². The predicted octanol–water partition coefficient (Wildman–Crippen LogP) is 3.78. The van der Waals surface area contributed by atoms with Gasteiger partial charge < -0.3 is 11.1 Å². The van der Waals surface area contributed by atoms with Gasteiger partial charge in [-0.05, 0) is 53.9 Å². The van der Waals surface area contributed by atoms with Crippen LogP contribution >= 0.6 is 11.5 Å². The first-order valence-corrected chi connectivity index (χ1v) is 7.91. The van der Waals surface area contributed by atoms with Crippen LogP contribution in [0.1, 0.15) is 32.6 Å². The Hall–Kier alpha value is -1.62. The Morgan fingerprint density at radius 3 is 2.70 bits per heavy atom. The van der Waals surface area contributed by atoms with Crippen LogP contribution in [0.15, 0.2) is 24.5 Å². The van der Waals surface area contributed by atoms with E-state index in [1.165, 1.54) is 37.2 Å². The SMILES string of the molecule is CCC1(CNc2snc(N)c2-c2ccncc2)CCC1. The standard InChI is InChI=1S/C15H20N4S/c1-2-15(6-3-7-15)10-18-14-12(13(16)19-20-14)11-4-8-17-9-5-11/h4-5,8-9,18H,2-3,6-7,10H2,1H3,(H2,16,19). The third-order valence-corrected chi connectivity index (χ3v) is 5.29. The molecule has 2 aromatic heterocycles. The summed E-state index contributed by atoms with van der Waals surface area (Å²) < 4.78 is 4.30. The summed E-state index contributed by atoms with van der Waals surface area (Å²) in [5, 5.41) is 4.66. The number of rotatable bonds is 5. The molecule has 3 rings (SSSR count). The van der Waals surface area contributed by atoms with Crippen molar-refractivity contribution in [3.05, 3.63) is 24.5 Å². The topological polar surface area (TPSA) is 63.8 Å². The van der Waals surface area contributed by atoms with Crippen molar-refractivity contribution in [1.29, 1.82) is 0 Å². The largest absolute Gasteiger partial charge is 0.382 e. The normalized spacial score (nSPS) is 16.6. The second-order valence-electron chi connectivity index (χ2n) is 5.57. The molecule has 0 spiro atoms. The van der Waals surface area contributed by atoms with Crippen molar-refractivity contribution in [3.63, 3.8) is 0 Å². The molecule has 4 nitrogen and oxygen atoms in total. The minimum absolute atomic E-state index is 0.480. The van der Waals surface area contributed by atoms with E-state index >= 15 is 0 Å². The van der Waals surface area contributed by atoms with Crippen LogP contribution in [0.5, 0.6) is 0 Å². The average molecular weight is 288 g/mol. The monoisotopic (exact) mass is 288 g/mol. The molecule has 3 N–H and O–H groups in total. The minimum atomic E-state index is 0.480. The van der Waals surface area contributed by atoms with Gasteiger partial charge in [0.2, 0.25) is 0 Å². The number of pyridine rings is 1. The van der Waals surface area contributed by atoms with Crippen LogP contribution in [0.4, 0.5) is 10.8 Å². The molecule has 2 heterocycles. The average Bonchev–Trinajstić information content (AvgIpc) is 2.80. The molecule has 0 amide bonds. The van der Waals surface area contributed by atoms with E-state index in [9.17, 15) is 0 Å². The van der Waals surface area contributed by atoms with Gasteiger partial charge in [0.05, 0.1) is 5.56 Å². The molecular weight excluding hydrogens is 268 g/mol. The zero-order chi connectivity index (χ0) is 14.0. The Kier molecular flexibility index (Phi) is 3.61. The number of nitrogens with two attached hydrogens (primary N) is 1. The first-order chi connectivity index (χ1) is 9.74. The number of anilines is 2. The molecule has 0 radical (unpaired) electrons. The van der Waals surface area contributed by atoms with E-state index in [-0.39, 0.29) is 0 Å². The Bertz CT molecular complexity index is 569. The van der Waals surface area contributed by atoms with Crippen molar-refractivity contribution >= 4 is 22.4 Å². The molecule has 2 aromatic rings. The van der Waals surface area contributed by atoms with Crippen LogP contribution in [0.2, 0.25) is 0 Å². The lowest BCUT2D eigenvalue weighted by atomic mass is 9.67. The summed E-state index contributed by atoms with van der Waals surface area (Å²) in [5.41, 5.74) is 8.60. The van der Waals surface area contributed by atoms with Crippen LogP contribution in [0.25, 0.3) is 11.1 Å². The summed E-state index contributed by atoms with van der Waals surface area (Å²) in [4.78, 5) is 4.06. The number of nitrogens with zero attached hydrogens (tertiary/aromatic N) is 2. The van der Waals surface area contributed by atoms with E-state index in [1.807, 2.05) is 12.1 Å². The molecule has 0 atom stereocenters. The molecule has 5 heteroatoms. The highest BCUT2D eigenvalue weighted by Gasteiger charge is 2.35. The molecule has 0 bridgehead atoms. The van der Waals surface area contributed by atoms with Crippen LogP contribution < -0.4 is 11.1 Å². The second kappa shape index (κ2) is 5.40. The summed E-state index contributed by atoms with van der Waals surface area (Å²) in [6.45, 7) is 3.30. The number of aromatic nitrogens is 2. The molecule has 106 valence electrons. The fourth-order valence-electron chi connectivity index (χ4n) is 2.82. The van der Waals surface area contributed by atoms with Gasteiger partial charge in [0, 0.05) is 18.9 Å². The molecule has 0 aromatic carbocycles. The van der Waals surface area contributed by atoms with Gasteiger partial charge in [-0.15, -0.1) is 0 Å². The van der Waals surface area contributed by atoms with Gasteiger partial charge in [0.1, 0.15) is 10.8 Å². The Morgan fingerprint density at radius 2 is 2.10 bits per heavy atom. The van der Waals surface area contributed by atoms with E-state index < -0.39 is 0 Å². The van der Waals surface area contributed by atoms with Crippen molar-refractivity contribution in [1.82, 2.24) is 9.36 Å². The molecule has 1 aliphatic rings. The fraction of sp³-hybridized carbons (Fsp3) is 0.467. The smallest absolute Gasteiger partial charge is 0.147 e. The molecule has 1 fully saturated rings. The lowest BCUT2D eigenvalue weighted by Crippen LogP contribution is -2.35. The number of hydrogen-bond acceptors (Lipinski definition) is 5. The molecule has 1 aliphatic carbocycles. The fourth-order valence-corrected chi connectivity index (χ4v) is 3.55. The quantitative estimate of drug-likeness (QED) is 0.879. The molecule has 1 saturated carbocycles. The molecule has 0 unspecified atom stereocenters.